The van der Waals surface area contributed by atoms with Gasteiger partial charge in [-0.25, -0.2) is 0 Å². The van der Waals surface area contributed by atoms with Crippen LogP contribution in [0.3, 0.4) is 0 Å². The van der Waals surface area contributed by atoms with Gasteiger partial charge in [0.1, 0.15) is 6.10 Å². The molecule has 4 nitrogen and oxygen atoms in total. The average Bonchev–Trinajstić information content (AvgIpc) is 3.01. The largest absolute Gasteiger partial charge is 0.368 e. The summed E-state index contributed by atoms with van der Waals surface area (Å²) in [5, 5.41) is 0. The minimum absolute atomic E-state index is 0.151. The predicted octanol–water partition coefficient (Wildman–Crippen LogP) is 2.05. The molecule has 114 valence electrons. The van der Waals surface area contributed by atoms with E-state index in [9.17, 15) is 4.79 Å². The highest BCUT2D eigenvalue weighted by Crippen LogP contribution is 2.21. The van der Waals surface area contributed by atoms with Gasteiger partial charge in [0.05, 0.1) is 6.61 Å². The van der Waals surface area contributed by atoms with Crippen molar-refractivity contribution in [1.29, 1.82) is 0 Å². The van der Waals surface area contributed by atoms with Crippen molar-refractivity contribution in [2.45, 2.75) is 51.2 Å². The normalized spacial score (nSPS) is 25.6. The highest BCUT2D eigenvalue weighted by Gasteiger charge is 2.31. The second-order valence-electron chi connectivity index (χ2n) is 5.91. The number of ether oxygens (including phenoxy) is 1. The molecule has 0 aromatic rings. The maximum absolute atomic E-state index is 12.4. The highest BCUT2D eigenvalue weighted by molar-refractivity contribution is 5.80. The molecule has 1 amide bonds. The zero-order valence-electron chi connectivity index (χ0n) is 12.7. The Morgan fingerprint density at radius 3 is 2.80 bits per heavy atom. The summed E-state index contributed by atoms with van der Waals surface area (Å²) >= 11 is 0. The number of likely N-dealkylation sites (tertiary alicyclic amines) is 2. The Balaban J connectivity index is 1.81. The fraction of sp³-hybridized carbons (Fsp3) is 0.812. The summed E-state index contributed by atoms with van der Waals surface area (Å²) in [5.74, 6) is 0.151. The lowest BCUT2D eigenvalue weighted by Crippen LogP contribution is -2.51. The van der Waals surface area contributed by atoms with Crippen molar-refractivity contribution < 1.29 is 9.53 Å². The van der Waals surface area contributed by atoms with Gasteiger partial charge in [0.25, 0.3) is 5.91 Å². The molecular formula is C16H28N2O2. The first kappa shape index (κ1) is 15.5. The molecule has 0 bridgehead atoms. The first-order chi connectivity index (χ1) is 9.72. The number of rotatable bonds is 6. The SMILES string of the molecule is C=CCCOC(C)C(=O)N1CCCC(N2CCCC2)C1. The molecule has 0 saturated carbocycles. The van der Waals surface area contributed by atoms with Gasteiger partial charge in [-0.1, -0.05) is 6.08 Å². The summed E-state index contributed by atoms with van der Waals surface area (Å²) in [6.45, 7) is 10.3. The van der Waals surface area contributed by atoms with Crippen LogP contribution in [0.2, 0.25) is 0 Å². The molecule has 4 heteroatoms. The van der Waals surface area contributed by atoms with E-state index in [1.165, 1.54) is 32.4 Å². The standard InChI is InChI=1S/C16H28N2O2/c1-3-4-12-20-14(2)16(19)18-11-7-8-15(13-18)17-9-5-6-10-17/h3,14-15H,1,4-13H2,2H3. The van der Waals surface area contributed by atoms with E-state index < -0.39 is 0 Å². The Kier molecular flexibility index (Phi) is 6.05. The first-order valence-electron chi connectivity index (χ1n) is 7.97. The molecule has 2 heterocycles. The molecule has 0 N–H and O–H groups in total. The van der Waals surface area contributed by atoms with Crippen LogP contribution in [0.4, 0.5) is 0 Å². The van der Waals surface area contributed by atoms with Gasteiger partial charge in [-0.2, -0.15) is 0 Å². The van der Waals surface area contributed by atoms with E-state index in [0.717, 1.165) is 25.9 Å². The Morgan fingerprint density at radius 2 is 2.10 bits per heavy atom. The Bertz CT molecular complexity index is 326. The van der Waals surface area contributed by atoms with Gasteiger partial charge in [0.15, 0.2) is 0 Å². The summed E-state index contributed by atoms with van der Waals surface area (Å²) in [5.41, 5.74) is 0. The molecule has 2 atom stereocenters. The molecule has 2 aliphatic heterocycles. The van der Waals surface area contributed by atoms with Gasteiger partial charge < -0.3 is 9.64 Å². The maximum atomic E-state index is 12.4. The topological polar surface area (TPSA) is 32.8 Å². The molecular weight excluding hydrogens is 252 g/mol. The van der Waals surface area contributed by atoms with Gasteiger partial charge in [-0.3, -0.25) is 9.69 Å². The number of amides is 1. The smallest absolute Gasteiger partial charge is 0.251 e. The predicted molar refractivity (Wildman–Crippen MR) is 80.6 cm³/mol. The lowest BCUT2D eigenvalue weighted by Gasteiger charge is -2.38. The third-order valence-electron chi connectivity index (χ3n) is 4.40. The van der Waals surface area contributed by atoms with E-state index in [1.54, 1.807) is 0 Å². The van der Waals surface area contributed by atoms with Crippen molar-refractivity contribution in [3.8, 4) is 0 Å². The summed E-state index contributed by atoms with van der Waals surface area (Å²) in [4.78, 5) is 17.0. The van der Waals surface area contributed by atoms with Crippen molar-refractivity contribution in [2.24, 2.45) is 0 Å². The molecule has 2 saturated heterocycles. The summed E-state index contributed by atoms with van der Waals surface area (Å²) in [6, 6.07) is 0.565. The van der Waals surface area contributed by atoms with Gasteiger partial charge in [-0.05, 0) is 52.1 Å². The second-order valence-corrected chi connectivity index (χ2v) is 5.91. The molecule has 20 heavy (non-hydrogen) atoms. The number of carbonyl (C=O) groups is 1. The van der Waals surface area contributed by atoms with Crippen molar-refractivity contribution in [3.63, 3.8) is 0 Å². The molecule has 0 spiro atoms. The number of piperidine rings is 1. The van der Waals surface area contributed by atoms with E-state index in [4.69, 9.17) is 4.74 Å². The van der Waals surface area contributed by atoms with E-state index in [0.29, 0.717) is 12.6 Å². The van der Waals surface area contributed by atoms with E-state index in [2.05, 4.69) is 11.5 Å². The monoisotopic (exact) mass is 280 g/mol. The number of carbonyl (C=O) groups excluding carboxylic acids is 1. The van der Waals surface area contributed by atoms with Crippen LogP contribution in [0.25, 0.3) is 0 Å². The van der Waals surface area contributed by atoms with E-state index in [1.807, 2.05) is 17.9 Å². The molecule has 0 aliphatic carbocycles. The van der Waals surface area contributed by atoms with E-state index in [-0.39, 0.29) is 12.0 Å². The second kappa shape index (κ2) is 7.79. The first-order valence-corrected chi connectivity index (χ1v) is 7.97. The third kappa shape index (κ3) is 4.06. The van der Waals surface area contributed by atoms with Crippen molar-refractivity contribution in [1.82, 2.24) is 9.80 Å². The summed E-state index contributed by atoms with van der Waals surface area (Å²) < 4.78 is 5.58. The maximum Gasteiger partial charge on any atom is 0.251 e. The molecule has 0 radical (unpaired) electrons. The van der Waals surface area contributed by atoms with Crippen molar-refractivity contribution in [2.75, 3.05) is 32.8 Å². The molecule has 2 unspecified atom stereocenters. The van der Waals surface area contributed by atoms with Gasteiger partial charge in [0, 0.05) is 19.1 Å². The number of hydrogen-bond donors (Lipinski definition) is 0. The van der Waals surface area contributed by atoms with Crippen LogP contribution >= 0.6 is 0 Å². The Hall–Kier alpha value is -0.870. The van der Waals surface area contributed by atoms with Crippen LogP contribution in [0.5, 0.6) is 0 Å². The van der Waals surface area contributed by atoms with Gasteiger partial charge in [0.2, 0.25) is 0 Å². The third-order valence-corrected chi connectivity index (χ3v) is 4.40. The molecule has 2 aliphatic rings. The minimum Gasteiger partial charge on any atom is -0.368 e. The molecule has 0 aromatic heterocycles. The Labute approximate surface area is 122 Å². The van der Waals surface area contributed by atoms with Crippen LogP contribution in [-0.2, 0) is 9.53 Å². The highest BCUT2D eigenvalue weighted by atomic mass is 16.5. The van der Waals surface area contributed by atoms with Crippen LogP contribution < -0.4 is 0 Å². The van der Waals surface area contributed by atoms with Gasteiger partial charge in [-0.15, -0.1) is 6.58 Å². The Morgan fingerprint density at radius 1 is 1.35 bits per heavy atom. The van der Waals surface area contributed by atoms with Crippen LogP contribution in [0.1, 0.15) is 39.0 Å². The zero-order chi connectivity index (χ0) is 14.4. The molecule has 2 fully saturated rings. The summed E-state index contributed by atoms with van der Waals surface area (Å²) in [7, 11) is 0. The van der Waals surface area contributed by atoms with Crippen molar-refractivity contribution in [3.05, 3.63) is 12.7 Å². The number of nitrogens with zero attached hydrogens (tertiary/aromatic N) is 2. The number of hydrogen-bond acceptors (Lipinski definition) is 3. The van der Waals surface area contributed by atoms with Gasteiger partial charge >= 0.3 is 0 Å². The van der Waals surface area contributed by atoms with E-state index >= 15 is 0 Å². The summed E-state index contributed by atoms with van der Waals surface area (Å²) in [6.07, 6.45) is 7.26. The minimum atomic E-state index is -0.327. The lowest BCUT2D eigenvalue weighted by molar-refractivity contribution is -0.144. The zero-order valence-corrected chi connectivity index (χ0v) is 12.7. The molecule has 0 aromatic carbocycles. The molecule has 2 rings (SSSR count). The van der Waals surface area contributed by atoms with Crippen molar-refractivity contribution >= 4 is 5.91 Å². The fourth-order valence-electron chi connectivity index (χ4n) is 3.22. The van der Waals surface area contributed by atoms with Crippen LogP contribution in [0.15, 0.2) is 12.7 Å². The van der Waals surface area contributed by atoms with Crippen LogP contribution in [-0.4, -0.2) is 60.6 Å². The average molecular weight is 280 g/mol. The quantitative estimate of drug-likeness (QED) is 0.551. The van der Waals surface area contributed by atoms with Crippen LogP contribution in [0, 0.1) is 0 Å². The fourth-order valence-corrected chi connectivity index (χ4v) is 3.22. The lowest BCUT2D eigenvalue weighted by atomic mass is 10.0.